The Morgan fingerprint density at radius 1 is 1.28 bits per heavy atom. The maximum Gasteiger partial charge on any atom is 0.514 e. The molecular weight excluding hydrogens is 227 g/mol. The van der Waals surface area contributed by atoms with Crippen LogP contribution in [0.4, 0.5) is 0 Å². The lowest BCUT2D eigenvalue weighted by Crippen LogP contribution is -2.41. The van der Waals surface area contributed by atoms with E-state index in [1.54, 1.807) is 0 Å². The number of aromatic nitrogens is 2. The molecule has 0 N–H and O–H groups in total. The van der Waals surface area contributed by atoms with Gasteiger partial charge >= 0.3 is 7.12 Å². The average Bonchev–Trinajstić information content (AvgIpc) is 2.86. The van der Waals surface area contributed by atoms with Gasteiger partial charge in [-0.1, -0.05) is 0 Å². The minimum absolute atomic E-state index is 0.285. The first kappa shape index (κ1) is 12.2. The fourth-order valence-corrected chi connectivity index (χ4v) is 2.20. The SMILES string of the molecule is CC1(C)OB(c2ccnn2CC2CC2)OC1(C)C. The zero-order chi connectivity index (χ0) is 13.0. The van der Waals surface area contributed by atoms with Crippen molar-refractivity contribution in [2.24, 2.45) is 5.92 Å². The Labute approximate surface area is 109 Å². The van der Waals surface area contributed by atoms with Crippen LogP contribution in [0, 0.1) is 5.92 Å². The molecule has 1 saturated carbocycles. The maximum absolute atomic E-state index is 6.07. The standard InChI is InChI=1S/C13H21BN2O2/c1-12(2)13(3,4)18-14(17-12)11-7-8-15-16(11)9-10-5-6-10/h7-8,10H,5-6,9H2,1-4H3. The fourth-order valence-electron chi connectivity index (χ4n) is 2.20. The summed E-state index contributed by atoms with van der Waals surface area (Å²) in [6.45, 7) is 9.30. The Kier molecular flexibility index (Phi) is 2.61. The number of hydrogen-bond donors (Lipinski definition) is 0. The molecule has 2 heterocycles. The lowest BCUT2D eigenvalue weighted by Gasteiger charge is -2.32. The van der Waals surface area contributed by atoms with Crippen LogP contribution in [0.1, 0.15) is 40.5 Å². The van der Waals surface area contributed by atoms with Crippen LogP contribution < -0.4 is 5.59 Å². The first-order valence-corrected chi connectivity index (χ1v) is 6.76. The highest BCUT2D eigenvalue weighted by Gasteiger charge is 2.52. The number of hydrogen-bond acceptors (Lipinski definition) is 3. The molecule has 0 aromatic carbocycles. The average molecular weight is 248 g/mol. The van der Waals surface area contributed by atoms with Crippen LogP contribution in [0.25, 0.3) is 0 Å². The van der Waals surface area contributed by atoms with Crippen molar-refractivity contribution in [3.05, 3.63) is 12.3 Å². The largest absolute Gasteiger partial charge is 0.514 e. The lowest BCUT2D eigenvalue weighted by atomic mass is 9.84. The van der Waals surface area contributed by atoms with E-state index in [-0.39, 0.29) is 18.3 Å². The first-order valence-electron chi connectivity index (χ1n) is 6.76. The van der Waals surface area contributed by atoms with Gasteiger partial charge in [0.25, 0.3) is 0 Å². The Balaban J connectivity index is 1.81. The van der Waals surface area contributed by atoms with Gasteiger partial charge in [0.15, 0.2) is 0 Å². The van der Waals surface area contributed by atoms with Crippen molar-refractivity contribution in [2.45, 2.75) is 58.3 Å². The minimum Gasteiger partial charge on any atom is -0.398 e. The van der Waals surface area contributed by atoms with Crippen LogP contribution in [-0.2, 0) is 15.9 Å². The molecule has 1 aromatic heterocycles. The Bertz CT molecular complexity index is 436. The van der Waals surface area contributed by atoms with Crippen LogP contribution in [-0.4, -0.2) is 28.1 Å². The van der Waals surface area contributed by atoms with E-state index in [1.165, 1.54) is 12.8 Å². The molecule has 0 amide bonds. The van der Waals surface area contributed by atoms with E-state index in [1.807, 2.05) is 16.9 Å². The second-order valence-electron chi connectivity index (χ2n) is 6.47. The molecule has 2 aliphatic rings. The molecule has 1 aliphatic heterocycles. The first-order chi connectivity index (χ1) is 8.39. The maximum atomic E-state index is 6.07. The second kappa shape index (κ2) is 3.84. The lowest BCUT2D eigenvalue weighted by molar-refractivity contribution is 0.00578. The summed E-state index contributed by atoms with van der Waals surface area (Å²) in [5.74, 6) is 0.797. The van der Waals surface area contributed by atoms with Gasteiger partial charge in [-0.25, -0.2) is 0 Å². The van der Waals surface area contributed by atoms with Crippen molar-refractivity contribution >= 4 is 12.7 Å². The molecule has 0 radical (unpaired) electrons. The van der Waals surface area contributed by atoms with Crippen LogP contribution >= 0.6 is 0 Å². The summed E-state index contributed by atoms with van der Waals surface area (Å²) in [6, 6.07) is 2.00. The predicted molar refractivity (Wildman–Crippen MR) is 70.7 cm³/mol. The van der Waals surface area contributed by atoms with E-state index in [0.29, 0.717) is 0 Å². The molecule has 98 valence electrons. The molecule has 3 rings (SSSR count). The summed E-state index contributed by atoms with van der Waals surface area (Å²) >= 11 is 0. The minimum atomic E-state index is -0.295. The predicted octanol–water partition coefficient (Wildman–Crippen LogP) is 1.59. The Morgan fingerprint density at radius 3 is 2.44 bits per heavy atom. The zero-order valence-corrected chi connectivity index (χ0v) is 11.6. The van der Waals surface area contributed by atoms with Crippen LogP contribution in [0.3, 0.4) is 0 Å². The van der Waals surface area contributed by atoms with E-state index in [0.717, 1.165) is 18.1 Å². The monoisotopic (exact) mass is 248 g/mol. The van der Waals surface area contributed by atoms with Crippen LogP contribution in [0.2, 0.25) is 0 Å². The highest BCUT2D eigenvalue weighted by Crippen LogP contribution is 2.36. The van der Waals surface area contributed by atoms with Gasteiger partial charge in [-0.2, -0.15) is 5.10 Å². The van der Waals surface area contributed by atoms with Crippen molar-refractivity contribution in [1.82, 2.24) is 9.78 Å². The van der Waals surface area contributed by atoms with E-state index in [4.69, 9.17) is 9.31 Å². The van der Waals surface area contributed by atoms with Gasteiger partial charge in [0, 0.05) is 12.7 Å². The van der Waals surface area contributed by atoms with Gasteiger partial charge in [-0.15, -0.1) is 0 Å². The molecule has 0 spiro atoms. The van der Waals surface area contributed by atoms with Crippen molar-refractivity contribution in [2.75, 3.05) is 0 Å². The number of rotatable bonds is 3. The summed E-state index contributed by atoms with van der Waals surface area (Å²) in [6.07, 6.45) is 4.48. The van der Waals surface area contributed by atoms with Gasteiger partial charge in [-0.05, 0) is 52.5 Å². The smallest absolute Gasteiger partial charge is 0.398 e. The second-order valence-corrected chi connectivity index (χ2v) is 6.47. The molecule has 18 heavy (non-hydrogen) atoms. The van der Waals surface area contributed by atoms with Crippen molar-refractivity contribution in [1.29, 1.82) is 0 Å². The van der Waals surface area contributed by atoms with Gasteiger partial charge in [0.05, 0.1) is 16.8 Å². The molecule has 0 atom stereocenters. The third kappa shape index (κ3) is 1.99. The van der Waals surface area contributed by atoms with E-state index in [9.17, 15) is 0 Å². The van der Waals surface area contributed by atoms with Gasteiger partial charge < -0.3 is 9.31 Å². The zero-order valence-electron chi connectivity index (χ0n) is 11.6. The molecule has 2 fully saturated rings. The van der Waals surface area contributed by atoms with Crippen molar-refractivity contribution < 1.29 is 9.31 Å². The third-order valence-corrected chi connectivity index (χ3v) is 4.37. The summed E-state index contributed by atoms with van der Waals surface area (Å²) in [7, 11) is -0.295. The normalized spacial score (nSPS) is 25.7. The molecule has 0 unspecified atom stereocenters. The molecule has 0 bridgehead atoms. The highest BCUT2D eigenvalue weighted by atomic mass is 16.7. The Morgan fingerprint density at radius 2 is 1.89 bits per heavy atom. The summed E-state index contributed by atoms with van der Waals surface area (Å²) in [5, 5.41) is 4.39. The van der Waals surface area contributed by atoms with Gasteiger partial charge in [-0.3, -0.25) is 4.68 Å². The quantitative estimate of drug-likeness (QED) is 0.762. The molecule has 4 nitrogen and oxygen atoms in total. The molecule has 1 aliphatic carbocycles. The summed E-state index contributed by atoms with van der Waals surface area (Å²) < 4.78 is 14.2. The molecule has 1 saturated heterocycles. The summed E-state index contributed by atoms with van der Waals surface area (Å²) in [4.78, 5) is 0. The van der Waals surface area contributed by atoms with E-state index in [2.05, 4.69) is 32.8 Å². The molecule has 1 aromatic rings. The van der Waals surface area contributed by atoms with Crippen LogP contribution in [0.5, 0.6) is 0 Å². The third-order valence-electron chi connectivity index (χ3n) is 4.37. The van der Waals surface area contributed by atoms with Gasteiger partial charge in [0.2, 0.25) is 0 Å². The van der Waals surface area contributed by atoms with Crippen LogP contribution in [0.15, 0.2) is 12.3 Å². The highest BCUT2D eigenvalue weighted by molar-refractivity contribution is 6.61. The van der Waals surface area contributed by atoms with Gasteiger partial charge in [0.1, 0.15) is 0 Å². The summed E-state index contributed by atoms with van der Waals surface area (Å²) in [5.41, 5.74) is 0.471. The molecule has 5 heteroatoms. The van der Waals surface area contributed by atoms with E-state index >= 15 is 0 Å². The Hall–Kier alpha value is -0.805. The topological polar surface area (TPSA) is 36.3 Å². The van der Waals surface area contributed by atoms with Crippen molar-refractivity contribution in [3.8, 4) is 0 Å². The fraction of sp³-hybridized carbons (Fsp3) is 0.769. The molecular formula is C13H21BN2O2. The number of nitrogens with zero attached hydrogens (tertiary/aromatic N) is 2. The van der Waals surface area contributed by atoms with E-state index < -0.39 is 0 Å². The van der Waals surface area contributed by atoms with Crippen molar-refractivity contribution in [3.63, 3.8) is 0 Å².